The fourth-order valence-corrected chi connectivity index (χ4v) is 13.7. The summed E-state index contributed by atoms with van der Waals surface area (Å²) in [6, 6.07) is -0.641. The number of ketones is 1. The van der Waals surface area contributed by atoms with E-state index in [-0.39, 0.29) is 74.0 Å². The van der Waals surface area contributed by atoms with Crippen molar-refractivity contribution in [2.75, 3.05) is 39.9 Å². The van der Waals surface area contributed by atoms with Crippen molar-refractivity contribution in [2.45, 2.75) is 168 Å². The number of esters is 3. The number of ether oxygens (including phenoxy) is 3. The summed E-state index contributed by atoms with van der Waals surface area (Å²) < 4.78 is 17.5. The number of nitrogens with zero attached hydrogens (tertiary/aromatic N) is 1. The van der Waals surface area contributed by atoms with Crippen LogP contribution in [0.1, 0.15) is 121 Å². The summed E-state index contributed by atoms with van der Waals surface area (Å²) in [5.74, 6) is -4.48. The van der Waals surface area contributed by atoms with E-state index in [1.807, 2.05) is 24.8 Å². The second kappa shape index (κ2) is 20.5. The summed E-state index contributed by atoms with van der Waals surface area (Å²) in [5, 5.41) is 72.2. The van der Waals surface area contributed by atoms with Gasteiger partial charge in [-0.15, -0.1) is 0 Å². The Balaban J connectivity index is 1.24. The molecule has 0 radical (unpaired) electrons. The predicted molar refractivity (Wildman–Crippen MR) is 243 cm³/mol. The molecule has 0 aromatic heterocycles. The lowest BCUT2D eigenvalue weighted by atomic mass is 9.45. The van der Waals surface area contributed by atoms with E-state index < -0.39 is 100 Å². The summed E-state index contributed by atoms with van der Waals surface area (Å²) in [6.45, 7) is 19.0. The third-order valence-corrected chi connectivity index (χ3v) is 17.3. The van der Waals surface area contributed by atoms with Crippen LogP contribution < -0.4 is 5.32 Å². The van der Waals surface area contributed by atoms with Crippen molar-refractivity contribution in [2.24, 2.45) is 58.2 Å². The van der Waals surface area contributed by atoms with Crippen molar-refractivity contribution in [3.05, 3.63) is 23.8 Å². The Labute approximate surface area is 386 Å². The van der Waals surface area contributed by atoms with Gasteiger partial charge in [-0.3, -0.25) is 19.3 Å². The number of methoxy groups -OCH3 is 1. The first-order valence-electron chi connectivity index (χ1n) is 24.3. The molecule has 5 aliphatic rings. The lowest BCUT2D eigenvalue weighted by Gasteiger charge is -2.60. The van der Waals surface area contributed by atoms with E-state index in [4.69, 9.17) is 14.2 Å². The van der Waals surface area contributed by atoms with E-state index in [2.05, 4.69) is 19.2 Å². The van der Waals surface area contributed by atoms with Gasteiger partial charge in [-0.2, -0.15) is 0 Å². The molecule has 1 heterocycles. The summed E-state index contributed by atoms with van der Waals surface area (Å²) in [5.41, 5.74) is -5.36. The van der Waals surface area contributed by atoms with Crippen molar-refractivity contribution in [3.8, 4) is 0 Å². The molecule has 15 nitrogen and oxygen atoms in total. The van der Waals surface area contributed by atoms with Gasteiger partial charge in [0, 0.05) is 48.4 Å². The Hall–Kier alpha value is -2.76. The number of aliphatic hydroxyl groups excluding tert-OH is 4. The highest BCUT2D eigenvalue weighted by Gasteiger charge is 2.71. The zero-order valence-corrected chi connectivity index (χ0v) is 40.9. The van der Waals surface area contributed by atoms with Gasteiger partial charge in [0.1, 0.15) is 17.8 Å². The summed E-state index contributed by atoms with van der Waals surface area (Å²) in [6.07, 6.45) is 3.53. The van der Waals surface area contributed by atoms with Gasteiger partial charge in [-0.1, -0.05) is 60.1 Å². The van der Waals surface area contributed by atoms with Gasteiger partial charge in [-0.25, -0.2) is 4.79 Å². The minimum absolute atomic E-state index is 0.0241. The van der Waals surface area contributed by atoms with Gasteiger partial charge in [0.25, 0.3) is 0 Å². The van der Waals surface area contributed by atoms with Gasteiger partial charge < -0.3 is 50.2 Å². The van der Waals surface area contributed by atoms with E-state index in [1.54, 1.807) is 46.8 Å². The highest BCUT2D eigenvalue weighted by Crippen LogP contribution is 2.68. The lowest BCUT2D eigenvalue weighted by molar-refractivity contribution is -0.212. The van der Waals surface area contributed by atoms with Crippen LogP contribution in [-0.4, -0.2) is 146 Å². The van der Waals surface area contributed by atoms with E-state index in [1.165, 1.54) is 14.0 Å². The lowest BCUT2D eigenvalue weighted by Crippen LogP contribution is -2.63. The van der Waals surface area contributed by atoms with Crippen LogP contribution in [-0.2, 0) is 33.4 Å². The number of hydrogen-bond acceptors (Lipinski definition) is 15. The highest BCUT2D eigenvalue weighted by molar-refractivity contribution is 6.01. The molecule has 4 fully saturated rings. The van der Waals surface area contributed by atoms with E-state index >= 15 is 0 Å². The molecule has 370 valence electrons. The van der Waals surface area contributed by atoms with E-state index in [9.17, 15) is 49.8 Å². The fraction of sp³-hybridized carbons (Fsp3) is 0.840. The maximum absolute atomic E-state index is 13.8. The van der Waals surface area contributed by atoms with Crippen molar-refractivity contribution < 1.29 is 64.0 Å². The van der Waals surface area contributed by atoms with E-state index in [0.29, 0.717) is 32.5 Å². The molecule has 1 aliphatic heterocycles. The normalized spacial score (nSPS) is 45.2. The first kappa shape index (κ1) is 53.2. The molecule has 7 N–H and O–H groups in total. The van der Waals surface area contributed by atoms with Crippen LogP contribution in [0.15, 0.2) is 23.8 Å². The molecule has 0 aromatic carbocycles. The van der Waals surface area contributed by atoms with Crippen LogP contribution in [0.2, 0.25) is 0 Å². The standard InChI is InChI=1S/C50H82N2O13/c1-12-39-49(10,62)43(58)32(6)52(26-28(2)24-48(9,61)42(57)30(4)35(27-53)31(5)44(59)64-39)21-13-19-51-20-16-40(56)65-50(45(60)63-11)18-15-36-34-22-29(3)37-23-33(54)14-17-46(37,7)41(34)38(55)25-47(36,50)8/h14,17,23,28-32,34-36,38-39,41-43,51,53,55,57-58,61-62H,12-13,15-16,18-22,24-27H2,1-11H3/t28-,29+,30+,31-,32?,34?,35+,36?,38+,39-,41?,42-,43?,46?,47?,48-,49-,50+/m1/s1. The number of cyclic esters (lactones) is 1. The average Bonchev–Trinajstić information content (AvgIpc) is 3.53. The molecule has 65 heavy (non-hydrogen) atoms. The maximum atomic E-state index is 13.8. The van der Waals surface area contributed by atoms with Crippen LogP contribution in [0.5, 0.6) is 0 Å². The minimum Gasteiger partial charge on any atom is -0.466 e. The molecule has 18 atom stereocenters. The van der Waals surface area contributed by atoms with Crippen molar-refractivity contribution in [3.63, 3.8) is 0 Å². The van der Waals surface area contributed by atoms with Crippen LogP contribution in [0.3, 0.4) is 0 Å². The number of carbonyl (C=O) groups is 4. The second-order valence-corrected chi connectivity index (χ2v) is 21.8. The molecule has 0 spiro atoms. The first-order valence-corrected chi connectivity index (χ1v) is 24.3. The Morgan fingerprint density at radius 2 is 1.66 bits per heavy atom. The molecule has 1 saturated heterocycles. The molecule has 0 bridgehead atoms. The largest absolute Gasteiger partial charge is 0.466 e. The van der Waals surface area contributed by atoms with E-state index in [0.717, 1.165) is 12.0 Å². The molecule has 15 heteroatoms. The Bertz CT molecular complexity index is 1780. The number of hydrogen-bond donors (Lipinski definition) is 7. The molecule has 7 unspecified atom stereocenters. The Morgan fingerprint density at radius 3 is 2.29 bits per heavy atom. The summed E-state index contributed by atoms with van der Waals surface area (Å²) in [7, 11) is 1.30. The average molecular weight is 919 g/mol. The number of aliphatic hydroxyl groups is 6. The molecule has 0 aromatic rings. The number of carbonyl (C=O) groups excluding carboxylic acids is 4. The number of rotatable bonds is 11. The molecule has 5 rings (SSSR count). The van der Waals surface area contributed by atoms with Crippen LogP contribution in [0.4, 0.5) is 0 Å². The molecular formula is C50H82N2O13. The van der Waals surface area contributed by atoms with Crippen LogP contribution in [0, 0.1) is 58.2 Å². The number of allylic oxidation sites excluding steroid dienone is 4. The predicted octanol–water partition coefficient (Wildman–Crippen LogP) is 3.49. The quantitative estimate of drug-likeness (QED) is 0.0894. The SMILES string of the molecule is CC[C@H]1OC(=O)[C@H](C)[C@@H](CO)[C@H](C)[C@@H](O)[C@](C)(O)C[C@@H](C)CN(CCCNCCC(=O)O[C@]2(C(=O)OC)CCC3C4C[C@H](C)C5=CC(=O)C=CC5(C)C4[C@@H](O)CC32C)C(C)C(O)[C@]1(C)O. The maximum Gasteiger partial charge on any atom is 0.350 e. The number of nitrogens with one attached hydrogen (secondary N) is 1. The Kier molecular flexibility index (Phi) is 16.7. The van der Waals surface area contributed by atoms with Gasteiger partial charge in [0.2, 0.25) is 5.60 Å². The monoisotopic (exact) mass is 919 g/mol. The molecule has 3 saturated carbocycles. The van der Waals surface area contributed by atoms with Crippen molar-refractivity contribution in [1.82, 2.24) is 10.2 Å². The highest BCUT2D eigenvalue weighted by atomic mass is 16.6. The molecule has 4 aliphatic carbocycles. The van der Waals surface area contributed by atoms with Gasteiger partial charge >= 0.3 is 17.9 Å². The Morgan fingerprint density at radius 1 is 0.985 bits per heavy atom. The van der Waals surface area contributed by atoms with Crippen molar-refractivity contribution in [1.29, 1.82) is 0 Å². The molecular weight excluding hydrogens is 837 g/mol. The second-order valence-electron chi connectivity index (χ2n) is 21.8. The van der Waals surface area contributed by atoms with Gasteiger partial charge in [0.15, 0.2) is 5.78 Å². The third-order valence-electron chi connectivity index (χ3n) is 17.3. The smallest absolute Gasteiger partial charge is 0.350 e. The minimum atomic E-state index is -1.85. The topological polar surface area (TPSA) is 233 Å². The molecule has 0 amide bonds. The first-order chi connectivity index (χ1) is 30.3. The fourth-order valence-electron chi connectivity index (χ4n) is 13.7. The van der Waals surface area contributed by atoms with Crippen LogP contribution >= 0.6 is 0 Å². The number of fused-ring (bicyclic) bond motifs is 5. The van der Waals surface area contributed by atoms with Gasteiger partial charge in [-0.05, 0) is 121 Å². The zero-order valence-electron chi connectivity index (χ0n) is 40.9. The summed E-state index contributed by atoms with van der Waals surface area (Å²) in [4.78, 5) is 55.4. The zero-order chi connectivity index (χ0) is 48.6. The third kappa shape index (κ3) is 10.0. The summed E-state index contributed by atoms with van der Waals surface area (Å²) >= 11 is 0. The van der Waals surface area contributed by atoms with Crippen molar-refractivity contribution >= 4 is 23.7 Å². The van der Waals surface area contributed by atoms with Crippen LogP contribution in [0.25, 0.3) is 0 Å². The van der Waals surface area contributed by atoms with Gasteiger partial charge in [0.05, 0.1) is 37.3 Å².